The lowest BCUT2D eigenvalue weighted by atomic mass is 9.99. The quantitative estimate of drug-likeness (QED) is 0.208. The SMILES string of the molecule is CCOC(=O)/C=C/[C@@H](O)[C@H](CCc1ccccc1)NC(=O)[C@H](Cc1ccccc1)NC(=O)OCc1ccccc1. The lowest BCUT2D eigenvalue weighted by Gasteiger charge is -2.26. The Morgan fingerprint density at radius 1 is 0.800 bits per heavy atom. The number of carbonyl (C=O) groups is 3. The summed E-state index contributed by atoms with van der Waals surface area (Å²) < 4.78 is 10.3. The van der Waals surface area contributed by atoms with E-state index in [1.807, 2.05) is 91.0 Å². The predicted molar refractivity (Wildman–Crippen MR) is 152 cm³/mol. The summed E-state index contributed by atoms with van der Waals surface area (Å²) in [5, 5.41) is 16.4. The third kappa shape index (κ3) is 10.7. The van der Waals surface area contributed by atoms with Crippen molar-refractivity contribution in [2.24, 2.45) is 0 Å². The number of benzene rings is 3. The first-order valence-electron chi connectivity index (χ1n) is 13.3. The van der Waals surface area contributed by atoms with E-state index in [9.17, 15) is 19.5 Å². The zero-order chi connectivity index (χ0) is 28.6. The first-order valence-corrected chi connectivity index (χ1v) is 13.3. The number of aryl methyl sites for hydroxylation is 1. The number of hydrogen-bond acceptors (Lipinski definition) is 6. The van der Waals surface area contributed by atoms with E-state index in [1.165, 1.54) is 6.08 Å². The van der Waals surface area contributed by atoms with Crippen LogP contribution in [0.2, 0.25) is 0 Å². The molecule has 0 radical (unpaired) electrons. The molecule has 3 N–H and O–H groups in total. The lowest BCUT2D eigenvalue weighted by molar-refractivity contribution is -0.137. The number of aliphatic hydroxyl groups is 1. The molecule has 0 spiro atoms. The first kappa shape index (κ1) is 30.1. The molecule has 8 heteroatoms. The number of rotatable bonds is 14. The predicted octanol–water partition coefficient (Wildman–Crippen LogP) is 4.12. The smallest absolute Gasteiger partial charge is 0.408 e. The van der Waals surface area contributed by atoms with Gasteiger partial charge in [-0.3, -0.25) is 4.79 Å². The number of nitrogens with one attached hydrogen (secondary N) is 2. The highest BCUT2D eigenvalue weighted by Gasteiger charge is 2.27. The summed E-state index contributed by atoms with van der Waals surface area (Å²) in [5.41, 5.74) is 2.69. The van der Waals surface area contributed by atoms with Gasteiger partial charge in [0.2, 0.25) is 5.91 Å². The van der Waals surface area contributed by atoms with Crippen molar-refractivity contribution in [3.8, 4) is 0 Å². The van der Waals surface area contributed by atoms with Crippen LogP contribution >= 0.6 is 0 Å². The number of amides is 2. The first-order chi connectivity index (χ1) is 19.4. The standard InChI is InChI=1S/C32H36N2O6/c1-2-39-30(36)21-20-29(35)27(19-18-24-12-6-3-7-13-24)33-31(37)28(22-25-14-8-4-9-15-25)34-32(38)40-23-26-16-10-5-11-17-26/h3-17,20-21,27-29,35H,2,18-19,22-23H2,1H3,(H,33,37)(H,34,38)/b21-20+/t27-,28-,29+/m0/s1. The second-order valence-corrected chi connectivity index (χ2v) is 9.19. The third-order valence-electron chi connectivity index (χ3n) is 6.15. The van der Waals surface area contributed by atoms with Gasteiger partial charge in [-0.15, -0.1) is 0 Å². The molecule has 0 saturated carbocycles. The molecule has 2 amide bonds. The summed E-state index contributed by atoms with van der Waals surface area (Å²) in [6.07, 6.45) is 1.74. The van der Waals surface area contributed by atoms with Crippen molar-refractivity contribution < 1.29 is 29.0 Å². The van der Waals surface area contributed by atoms with E-state index < -0.39 is 36.2 Å². The van der Waals surface area contributed by atoms with Gasteiger partial charge in [0.05, 0.1) is 18.8 Å². The normalized spacial score (nSPS) is 13.2. The number of carbonyl (C=O) groups excluding carboxylic acids is 3. The van der Waals surface area contributed by atoms with E-state index in [2.05, 4.69) is 10.6 Å². The Hall–Kier alpha value is -4.43. The molecule has 0 aliphatic heterocycles. The van der Waals surface area contributed by atoms with Gasteiger partial charge in [-0.05, 0) is 42.5 Å². The third-order valence-corrected chi connectivity index (χ3v) is 6.15. The molecule has 0 aliphatic rings. The van der Waals surface area contributed by atoms with Crippen LogP contribution in [-0.2, 0) is 38.5 Å². The molecule has 210 valence electrons. The Labute approximate surface area is 235 Å². The zero-order valence-corrected chi connectivity index (χ0v) is 22.6. The average Bonchev–Trinajstić information content (AvgIpc) is 2.98. The number of esters is 1. The zero-order valence-electron chi connectivity index (χ0n) is 22.6. The summed E-state index contributed by atoms with van der Waals surface area (Å²) in [6.45, 7) is 1.96. The van der Waals surface area contributed by atoms with Gasteiger partial charge in [-0.1, -0.05) is 91.0 Å². The van der Waals surface area contributed by atoms with E-state index >= 15 is 0 Å². The van der Waals surface area contributed by atoms with Gasteiger partial charge >= 0.3 is 12.1 Å². The number of ether oxygens (including phenoxy) is 2. The van der Waals surface area contributed by atoms with Crippen molar-refractivity contribution in [1.29, 1.82) is 0 Å². The molecule has 0 saturated heterocycles. The summed E-state index contributed by atoms with van der Waals surface area (Å²) in [7, 11) is 0. The summed E-state index contributed by atoms with van der Waals surface area (Å²) >= 11 is 0. The van der Waals surface area contributed by atoms with Gasteiger partial charge in [-0.2, -0.15) is 0 Å². The van der Waals surface area contributed by atoms with E-state index in [4.69, 9.17) is 9.47 Å². The maximum Gasteiger partial charge on any atom is 0.408 e. The highest BCUT2D eigenvalue weighted by molar-refractivity contribution is 5.86. The van der Waals surface area contributed by atoms with Crippen LogP contribution in [0.4, 0.5) is 4.79 Å². The van der Waals surface area contributed by atoms with Gasteiger partial charge in [0, 0.05) is 12.5 Å². The van der Waals surface area contributed by atoms with E-state index in [0.717, 1.165) is 22.8 Å². The van der Waals surface area contributed by atoms with Crippen LogP contribution in [0.25, 0.3) is 0 Å². The fraction of sp³-hybridized carbons (Fsp3) is 0.281. The summed E-state index contributed by atoms with van der Waals surface area (Å²) in [4.78, 5) is 38.0. The van der Waals surface area contributed by atoms with E-state index in [0.29, 0.717) is 12.8 Å². The van der Waals surface area contributed by atoms with Crippen molar-refractivity contribution in [2.75, 3.05) is 6.61 Å². The van der Waals surface area contributed by atoms with Crippen LogP contribution in [0.15, 0.2) is 103 Å². The Kier molecular flexibility index (Phi) is 12.4. The molecular weight excluding hydrogens is 508 g/mol. The molecule has 3 aromatic carbocycles. The minimum absolute atomic E-state index is 0.0589. The molecule has 0 fully saturated rings. The molecule has 3 aromatic rings. The average molecular weight is 545 g/mol. The molecule has 0 bridgehead atoms. The minimum atomic E-state index is -1.17. The van der Waals surface area contributed by atoms with Crippen molar-refractivity contribution >= 4 is 18.0 Å². The Balaban J connectivity index is 1.73. The van der Waals surface area contributed by atoms with E-state index in [1.54, 1.807) is 6.92 Å². The number of aliphatic hydroxyl groups excluding tert-OH is 1. The highest BCUT2D eigenvalue weighted by atomic mass is 16.5. The minimum Gasteiger partial charge on any atom is -0.463 e. The van der Waals surface area contributed by atoms with Crippen LogP contribution in [-0.4, -0.2) is 47.9 Å². The van der Waals surface area contributed by atoms with Gasteiger partial charge in [0.15, 0.2) is 0 Å². The van der Waals surface area contributed by atoms with Crippen molar-refractivity contribution in [1.82, 2.24) is 10.6 Å². The van der Waals surface area contributed by atoms with Gasteiger partial charge in [-0.25, -0.2) is 9.59 Å². The molecule has 3 atom stereocenters. The maximum absolute atomic E-state index is 13.5. The molecule has 0 aromatic heterocycles. The Bertz CT molecular complexity index is 1220. The van der Waals surface area contributed by atoms with Gasteiger partial charge < -0.3 is 25.2 Å². The van der Waals surface area contributed by atoms with E-state index in [-0.39, 0.29) is 19.6 Å². The molecule has 40 heavy (non-hydrogen) atoms. The van der Waals surface area contributed by atoms with Gasteiger partial charge in [0.25, 0.3) is 0 Å². The topological polar surface area (TPSA) is 114 Å². The number of hydrogen-bond donors (Lipinski definition) is 3. The molecule has 3 rings (SSSR count). The maximum atomic E-state index is 13.5. The fourth-order valence-electron chi connectivity index (χ4n) is 4.05. The largest absolute Gasteiger partial charge is 0.463 e. The van der Waals surface area contributed by atoms with Crippen LogP contribution in [0, 0.1) is 0 Å². The lowest BCUT2D eigenvalue weighted by Crippen LogP contribution is -2.53. The second-order valence-electron chi connectivity index (χ2n) is 9.19. The highest BCUT2D eigenvalue weighted by Crippen LogP contribution is 2.11. The Morgan fingerprint density at radius 3 is 1.98 bits per heavy atom. The fourth-order valence-corrected chi connectivity index (χ4v) is 4.05. The van der Waals surface area contributed by atoms with Crippen molar-refractivity contribution in [3.05, 3.63) is 120 Å². The van der Waals surface area contributed by atoms with Crippen LogP contribution in [0.1, 0.15) is 30.0 Å². The molecule has 8 nitrogen and oxygen atoms in total. The molecule has 0 heterocycles. The van der Waals surface area contributed by atoms with Crippen LogP contribution in [0.5, 0.6) is 0 Å². The molecule has 0 aliphatic carbocycles. The van der Waals surface area contributed by atoms with Crippen LogP contribution < -0.4 is 10.6 Å². The summed E-state index contributed by atoms with van der Waals surface area (Å²) in [5.74, 6) is -1.07. The molecule has 0 unspecified atom stereocenters. The summed E-state index contributed by atoms with van der Waals surface area (Å²) in [6, 6.07) is 26.5. The van der Waals surface area contributed by atoms with Crippen molar-refractivity contribution in [2.45, 2.75) is 51.0 Å². The number of alkyl carbamates (subject to hydrolysis) is 1. The van der Waals surface area contributed by atoms with Gasteiger partial charge in [0.1, 0.15) is 12.6 Å². The monoisotopic (exact) mass is 544 g/mol. The van der Waals surface area contributed by atoms with Crippen LogP contribution in [0.3, 0.4) is 0 Å². The van der Waals surface area contributed by atoms with Crippen molar-refractivity contribution in [3.63, 3.8) is 0 Å². The molecular formula is C32H36N2O6. The second kappa shape index (κ2) is 16.5. The Morgan fingerprint density at radius 2 is 1.38 bits per heavy atom.